The normalized spacial score (nSPS) is 12.6. The molecule has 0 N–H and O–H groups in total. The van der Waals surface area contributed by atoms with Crippen molar-refractivity contribution in [2.75, 3.05) is 6.61 Å². The summed E-state index contributed by atoms with van der Waals surface area (Å²) in [5.41, 5.74) is -0.411. The van der Waals surface area contributed by atoms with E-state index in [4.69, 9.17) is 4.74 Å². The zero-order chi connectivity index (χ0) is 15.9. The summed E-state index contributed by atoms with van der Waals surface area (Å²) in [6.07, 6.45) is 5.17. The van der Waals surface area contributed by atoms with Gasteiger partial charge in [-0.2, -0.15) is 0 Å². The van der Waals surface area contributed by atoms with E-state index in [0.717, 1.165) is 12.5 Å². The number of ether oxygens (including phenoxy) is 1. The summed E-state index contributed by atoms with van der Waals surface area (Å²) in [7, 11) is -1.39. The van der Waals surface area contributed by atoms with Gasteiger partial charge in [0.2, 0.25) is 0 Å². The van der Waals surface area contributed by atoms with Crippen LogP contribution >= 0.6 is 0 Å². The first-order chi connectivity index (χ1) is 9.73. The van der Waals surface area contributed by atoms with Crippen molar-refractivity contribution in [3.05, 3.63) is 42.5 Å². The second-order valence-corrected chi connectivity index (χ2v) is 11.9. The van der Waals surface area contributed by atoms with Crippen molar-refractivity contribution in [3.8, 4) is 0 Å². The molecule has 116 valence electrons. The fraction of sp³-hybridized carbons (Fsp3) is 0.500. The highest BCUT2D eigenvalue weighted by Crippen LogP contribution is 2.15. The van der Waals surface area contributed by atoms with Gasteiger partial charge in [-0.05, 0) is 33.2 Å². The second kappa shape index (κ2) is 7.60. The Kier molecular flexibility index (Phi) is 6.40. The molecule has 0 amide bonds. The van der Waals surface area contributed by atoms with Gasteiger partial charge in [-0.1, -0.05) is 60.8 Å². The van der Waals surface area contributed by atoms with E-state index in [1.54, 1.807) is 0 Å². The summed E-state index contributed by atoms with van der Waals surface area (Å²) in [4.78, 5) is 11.6. The van der Waals surface area contributed by atoms with Gasteiger partial charge >= 0.3 is 5.97 Å². The van der Waals surface area contributed by atoms with Crippen LogP contribution in [0.2, 0.25) is 19.1 Å². The van der Waals surface area contributed by atoms with Crippen LogP contribution in [0.5, 0.6) is 0 Å². The van der Waals surface area contributed by atoms with E-state index in [-0.39, 0.29) is 5.97 Å². The molecule has 0 heterocycles. The summed E-state index contributed by atoms with van der Waals surface area (Å²) < 4.78 is 5.24. The maximum atomic E-state index is 11.6. The molecule has 2 nitrogen and oxygen atoms in total. The van der Waals surface area contributed by atoms with Crippen LogP contribution < -0.4 is 5.19 Å². The van der Waals surface area contributed by atoms with E-state index in [1.165, 1.54) is 5.19 Å². The number of carbonyl (C=O) groups excluding carboxylic acids is 1. The molecule has 0 fully saturated rings. The number of benzene rings is 1. The molecule has 0 radical (unpaired) electrons. The smallest absolute Gasteiger partial charge is 0.311 e. The zero-order valence-corrected chi connectivity index (χ0v) is 15.0. The molecular weight excluding hydrogens is 276 g/mol. The molecule has 1 aromatic carbocycles. The van der Waals surface area contributed by atoms with E-state index in [2.05, 4.69) is 55.6 Å². The third-order valence-electron chi connectivity index (χ3n) is 3.48. The Bertz CT molecular complexity index is 470. The van der Waals surface area contributed by atoms with Gasteiger partial charge < -0.3 is 4.74 Å². The molecule has 1 rings (SSSR count). The number of esters is 1. The zero-order valence-electron chi connectivity index (χ0n) is 14.0. The van der Waals surface area contributed by atoms with Gasteiger partial charge in [0.25, 0.3) is 0 Å². The minimum absolute atomic E-state index is 0.130. The molecule has 0 aliphatic rings. The van der Waals surface area contributed by atoms with E-state index < -0.39 is 13.5 Å². The van der Waals surface area contributed by atoms with Gasteiger partial charge in [0.05, 0.1) is 20.1 Å². The lowest BCUT2D eigenvalue weighted by atomic mass is 9.97. The van der Waals surface area contributed by atoms with Crippen LogP contribution in [0, 0.1) is 5.41 Å². The highest BCUT2D eigenvalue weighted by molar-refractivity contribution is 6.90. The number of allylic oxidation sites excluding steroid dienone is 1. The lowest BCUT2D eigenvalue weighted by Crippen LogP contribution is -2.40. The standard InChI is InChI=1S/C18H28O2Si/c1-18(2,3)17(19)20-14-10-7-11-15-21(4,5)16-12-8-6-9-13-16/h6-9,11-13H,10,14-15H2,1-5H3/b11-7+. The summed E-state index contributed by atoms with van der Waals surface area (Å²) in [5, 5.41) is 1.48. The maximum Gasteiger partial charge on any atom is 0.311 e. The predicted molar refractivity (Wildman–Crippen MR) is 92.5 cm³/mol. The molecule has 1 aromatic rings. The summed E-state index contributed by atoms with van der Waals surface area (Å²) in [6.45, 7) is 10.9. The Labute approximate surface area is 130 Å². The molecule has 0 aliphatic carbocycles. The Morgan fingerprint density at radius 1 is 1.14 bits per heavy atom. The summed E-state index contributed by atoms with van der Waals surface area (Å²) >= 11 is 0. The highest BCUT2D eigenvalue weighted by Gasteiger charge is 2.22. The van der Waals surface area contributed by atoms with Crippen molar-refractivity contribution in [2.24, 2.45) is 5.41 Å². The van der Waals surface area contributed by atoms with Crippen molar-refractivity contribution in [2.45, 2.75) is 46.3 Å². The van der Waals surface area contributed by atoms with Crippen LogP contribution in [-0.2, 0) is 9.53 Å². The van der Waals surface area contributed by atoms with Gasteiger partial charge in [-0.15, -0.1) is 0 Å². The fourth-order valence-electron chi connectivity index (χ4n) is 1.94. The lowest BCUT2D eigenvalue weighted by Gasteiger charge is -2.21. The first-order valence-corrected chi connectivity index (χ1v) is 10.8. The topological polar surface area (TPSA) is 26.3 Å². The monoisotopic (exact) mass is 304 g/mol. The summed E-state index contributed by atoms with van der Waals surface area (Å²) in [5.74, 6) is -0.130. The largest absolute Gasteiger partial charge is 0.465 e. The molecule has 0 aromatic heterocycles. The number of hydrogen-bond donors (Lipinski definition) is 0. The van der Waals surface area contributed by atoms with Crippen molar-refractivity contribution in [3.63, 3.8) is 0 Å². The predicted octanol–water partition coefficient (Wildman–Crippen LogP) is 4.14. The van der Waals surface area contributed by atoms with Crippen LogP contribution in [0.3, 0.4) is 0 Å². The van der Waals surface area contributed by atoms with Crippen LogP contribution in [0.25, 0.3) is 0 Å². The average Bonchev–Trinajstić information content (AvgIpc) is 2.42. The van der Waals surface area contributed by atoms with Crippen LogP contribution in [0.4, 0.5) is 0 Å². The third kappa shape index (κ3) is 6.30. The molecule has 0 unspecified atom stereocenters. The molecular formula is C18H28O2Si. The van der Waals surface area contributed by atoms with Gasteiger partial charge in [-0.25, -0.2) is 0 Å². The van der Waals surface area contributed by atoms with Gasteiger partial charge in [0.15, 0.2) is 0 Å². The Morgan fingerprint density at radius 3 is 2.33 bits per heavy atom. The number of rotatable bonds is 6. The number of carbonyl (C=O) groups is 1. The molecule has 0 bridgehead atoms. The summed E-state index contributed by atoms with van der Waals surface area (Å²) in [6, 6.07) is 11.9. The quantitative estimate of drug-likeness (QED) is 0.342. The average molecular weight is 305 g/mol. The molecule has 0 atom stereocenters. The first kappa shape index (κ1) is 17.7. The molecule has 21 heavy (non-hydrogen) atoms. The van der Waals surface area contributed by atoms with Gasteiger partial charge in [0, 0.05) is 0 Å². The minimum atomic E-state index is -1.39. The highest BCUT2D eigenvalue weighted by atomic mass is 28.3. The van der Waals surface area contributed by atoms with Gasteiger partial charge in [0.1, 0.15) is 0 Å². The van der Waals surface area contributed by atoms with Crippen LogP contribution in [0.1, 0.15) is 27.2 Å². The Morgan fingerprint density at radius 2 is 1.76 bits per heavy atom. The molecule has 0 saturated heterocycles. The van der Waals surface area contributed by atoms with Crippen LogP contribution in [-0.4, -0.2) is 20.7 Å². The van der Waals surface area contributed by atoms with Crippen LogP contribution in [0.15, 0.2) is 42.5 Å². The van der Waals surface area contributed by atoms with E-state index in [9.17, 15) is 4.79 Å². The van der Waals surface area contributed by atoms with Gasteiger partial charge in [-0.3, -0.25) is 4.79 Å². The number of hydrogen-bond acceptors (Lipinski definition) is 2. The SMILES string of the molecule is CC(C)(C)C(=O)OCC/C=C/C[Si](C)(C)c1ccccc1. The van der Waals surface area contributed by atoms with Crippen molar-refractivity contribution in [1.29, 1.82) is 0 Å². The minimum Gasteiger partial charge on any atom is -0.465 e. The lowest BCUT2D eigenvalue weighted by molar-refractivity contribution is -0.152. The molecule has 0 spiro atoms. The maximum absolute atomic E-state index is 11.6. The molecule has 0 saturated carbocycles. The first-order valence-electron chi connectivity index (χ1n) is 7.61. The molecule has 0 aliphatic heterocycles. The molecule has 3 heteroatoms. The fourth-order valence-corrected chi connectivity index (χ4v) is 4.03. The Balaban J connectivity index is 2.34. The van der Waals surface area contributed by atoms with E-state index in [0.29, 0.717) is 6.61 Å². The van der Waals surface area contributed by atoms with E-state index >= 15 is 0 Å². The van der Waals surface area contributed by atoms with E-state index in [1.807, 2.05) is 20.8 Å². The van der Waals surface area contributed by atoms with Crippen molar-refractivity contribution in [1.82, 2.24) is 0 Å². The van der Waals surface area contributed by atoms with Crippen molar-refractivity contribution < 1.29 is 9.53 Å². The third-order valence-corrected chi connectivity index (χ3v) is 6.63. The second-order valence-electron chi connectivity index (χ2n) is 7.10. The van der Waals surface area contributed by atoms with Crippen molar-refractivity contribution >= 4 is 19.2 Å². The Hall–Kier alpha value is -1.35.